The highest BCUT2D eigenvalue weighted by Crippen LogP contribution is 2.28. The number of pyridine rings is 1. The van der Waals surface area contributed by atoms with Gasteiger partial charge in [0.15, 0.2) is 9.84 Å². The fraction of sp³-hybridized carbons (Fsp3) is 0.154. The van der Waals surface area contributed by atoms with Gasteiger partial charge < -0.3 is 10.5 Å². The van der Waals surface area contributed by atoms with Gasteiger partial charge in [-0.3, -0.25) is 0 Å². The van der Waals surface area contributed by atoms with E-state index in [4.69, 9.17) is 22.1 Å². The van der Waals surface area contributed by atoms with E-state index >= 15 is 0 Å². The second-order valence-electron chi connectivity index (χ2n) is 4.18. The van der Waals surface area contributed by atoms with Crippen LogP contribution in [0, 0.1) is 0 Å². The SMILES string of the molecule is CS(=O)(=O)c1cccc(Oc2ncc(CN)cc2Cl)c1. The summed E-state index contributed by atoms with van der Waals surface area (Å²) in [6.45, 7) is 0.330. The lowest BCUT2D eigenvalue weighted by atomic mass is 10.3. The zero-order valence-corrected chi connectivity index (χ0v) is 12.3. The fourth-order valence-corrected chi connectivity index (χ4v) is 2.42. The molecule has 20 heavy (non-hydrogen) atoms. The van der Waals surface area contributed by atoms with E-state index in [1.807, 2.05) is 0 Å². The standard InChI is InChI=1S/C13H13ClN2O3S/c1-20(17,18)11-4-2-3-10(6-11)19-13-12(14)5-9(7-15)8-16-13/h2-6,8H,7,15H2,1H3. The molecule has 0 bridgehead atoms. The molecular weight excluding hydrogens is 300 g/mol. The first-order valence-electron chi connectivity index (χ1n) is 5.72. The van der Waals surface area contributed by atoms with Gasteiger partial charge in [-0.2, -0.15) is 0 Å². The zero-order chi connectivity index (χ0) is 14.8. The quantitative estimate of drug-likeness (QED) is 0.937. The van der Waals surface area contributed by atoms with Crippen molar-refractivity contribution in [2.24, 2.45) is 5.73 Å². The molecule has 0 unspecified atom stereocenters. The van der Waals surface area contributed by atoms with E-state index < -0.39 is 9.84 Å². The van der Waals surface area contributed by atoms with Gasteiger partial charge >= 0.3 is 0 Å². The van der Waals surface area contributed by atoms with Crippen molar-refractivity contribution in [3.63, 3.8) is 0 Å². The Kier molecular flexibility index (Phi) is 4.27. The third-order valence-corrected chi connectivity index (χ3v) is 3.93. The molecule has 0 fully saturated rings. The van der Waals surface area contributed by atoms with Crippen LogP contribution < -0.4 is 10.5 Å². The molecule has 0 amide bonds. The van der Waals surface area contributed by atoms with Crippen molar-refractivity contribution in [1.29, 1.82) is 0 Å². The normalized spacial score (nSPS) is 11.3. The largest absolute Gasteiger partial charge is 0.437 e. The second kappa shape index (κ2) is 5.78. The molecule has 0 atom stereocenters. The lowest BCUT2D eigenvalue weighted by molar-refractivity contribution is 0.461. The summed E-state index contributed by atoms with van der Waals surface area (Å²) in [6, 6.07) is 7.79. The van der Waals surface area contributed by atoms with E-state index in [1.165, 1.54) is 12.1 Å². The van der Waals surface area contributed by atoms with Crippen LogP contribution in [0.5, 0.6) is 11.6 Å². The summed E-state index contributed by atoms with van der Waals surface area (Å²) in [5, 5.41) is 0.317. The van der Waals surface area contributed by atoms with Gasteiger partial charge in [0.2, 0.25) is 5.88 Å². The van der Waals surface area contributed by atoms with Gasteiger partial charge in [-0.15, -0.1) is 0 Å². The molecule has 2 aromatic rings. The molecule has 0 aliphatic heterocycles. The number of nitrogens with zero attached hydrogens (tertiary/aromatic N) is 1. The molecule has 1 heterocycles. The van der Waals surface area contributed by atoms with E-state index in [1.54, 1.807) is 24.4 Å². The Balaban J connectivity index is 2.31. The smallest absolute Gasteiger partial charge is 0.238 e. The Morgan fingerprint density at radius 1 is 1.35 bits per heavy atom. The van der Waals surface area contributed by atoms with Crippen molar-refractivity contribution in [2.45, 2.75) is 11.4 Å². The predicted molar refractivity (Wildman–Crippen MR) is 76.8 cm³/mol. The van der Waals surface area contributed by atoms with Crippen molar-refractivity contribution in [3.05, 3.63) is 47.1 Å². The van der Waals surface area contributed by atoms with Crippen molar-refractivity contribution in [3.8, 4) is 11.6 Å². The minimum Gasteiger partial charge on any atom is -0.437 e. The molecule has 0 saturated heterocycles. The van der Waals surface area contributed by atoms with Crippen LogP contribution in [0.2, 0.25) is 5.02 Å². The van der Waals surface area contributed by atoms with E-state index in [9.17, 15) is 8.42 Å². The molecule has 2 rings (SSSR count). The van der Waals surface area contributed by atoms with Crippen molar-refractivity contribution >= 4 is 21.4 Å². The van der Waals surface area contributed by atoms with Gasteiger partial charge in [0.1, 0.15) is 10.8 Å². The summed E-state index contributed by atoms with van der Waals surface area (Å²) in [6.07, 6.45) is 2.69. The van der Waals surface area contributed by atoms with Crippen molar-refractivity contribution < 1.29 is 13.2 Å². The van der Waals surface area contributed by atoms with Crippen LogP contribution in [0.1, 0.15) is 5.56 Å². The summed E-state index contributed by atoms with van der Waals surface area (Å²) in [7, 11) is -3.29. The minimum absolute atomic E-state index is 0.171. The molecule has 5 nitrogen and oxygen atoms in total. The molecule has 2 N–H and O–H groups in total. The molecule has 7 heteroatoms. The first kappa shape index (κ1) is 14.8. The van der Waals surface area contributed by atoms with Gasteiger partial charge in [-0.05, 0) is 29.8 Å². The average Bonchev–Trinajstić information content (AvgIpc) is 2.40. The molecule has 106 valence electrons. The zero-order valence-electron chi connectivity index (χ0n) is 10.7. The highest BCUT2D eigenvalue weighted by molar-refractivity contribution is 7.90. The van der Waals surface area contributed by atoms with Crippen LogP contribution >= 0.6 is 11.6 Å². The highest BCUT2D eigenvalue weighted by Gasteiger charge is 2.10. The fourth-order valence-electron chi connectivity index (χ4n) is 1.53. The van der Waals surface area contributed by atoms with Crippen LogP contribution in [0.4, 0.5) is 0 Å². The van der Waals surface area contributed by atoms with Crippen LogP contribution in [0.25, 0.3) is 0 Å². The number of halogens is 1. The highest BCUT2D eigenvalue weighted by atomic mass is 35.5. The van der Waals surface area contributed by atoms with Gasteiger partial charge in [0.25, 0.3) is 0 Å². The monoisotopic (exact) mass is 312 g/mol. The molecule has 1 aromatic carbocycles. The maximum absolute atomic E-state index is 11.5. The van der Waals surface area contributed by atoms with Crippen LogP contribution in [0.3, 0.4) is 0 Å². The average molecular weight is 313 g/mol. The number of ether oxygens (including phenoxy) is 1. The molecule has 1 aromatic heterocycles. The number of nitrogens with two attached hydrogens (primary N) is 1. The number of hydrogen-bond donors (Lipinski definition) is 1. The Morgan fingerprint density at radius 3 is 2.70 bits per heavy atom. The Bertz CT molecular complexity index is 732. The second-order valence-corrected chi connectivity index (χ2v) is 6.61. The van der Waals surface area contributed by atoms with Crippen molar-refractivity contribution in [2.75, 3.05) is 6.26 Å². The van der Waals surface area contributed by atoms with Gasteiger partial charge in [0, 0.05) is 19.0 Å². The van der Waals surface area contributed by atoms with Gasteiger partial charge in [-0.1, -0.05) is 17.7 Å². The lowest BCUT2D eigenvalue weighted by Crippen LogP contribution is -1.99. The Morgan fingerprint density at radius 2 is 2.10 bits per heavy atom. The molecule has 0 spiro atoms. The van der Waals surface area contributed by atoms with Crippen LogP contribution in [0.15, 0.2) is 41.4 Å². The molecule has 0 saturated carbocycles. The number of sulfone groups is 1. The summed E-state index contributed by atoms with van der Waals surface area (Å²) >= 11 is 6.03. The predicted octanol–water partition coefficient (Wildman–Crippen LogP) is 2.39. The van der Waals surface area contributed by atoms with E-state index in [0.717, 1.165) is 11.8 Å². The van der Waals surface area contributed by atoms with Crippen LogP contribution in [-0.4, -0.2) is 19.7 Å². The molecule has 0 aliphatic carbocycles. The summed E-state index contributed by atoms with van der Waals surface area (Å²) in [4.78, 5) is 4.22. The van der Waals surface area contributed by atoms with E-state index in [-0.39, 0.29) is 10.8 Å². The Hall–Kier alpha value is -1.63. The molecular formula is C13H13ClN2O3S. The molecule has 0 aliphatic rings. The summed E-state index contributed by atoms with van der Waals surface area (Å²) < 4.78 is 28.4. The Labute approximate surface area is 122 Å². The number of benzene rings is 1. The topological polar surface area (TPSA) is 82.3 Å². The third-order valence-electron chi connectivity index (χ3n) is 2.55. The molecule has 0 radical (unpaired) electrons. The maximum atomic E-state index is 11.5. The number of rotatable bonds is 4. The number of aromatic nitrogens is 1. The van der Waals surface area contributed by atoms with Gasteiger partial charge in [-0.25, -0.2) is 13.4 Å². The third kappa shape index (κ3) is 3.47. The minimum atomic E-state index is -3.29. The lowest BCUT2D eigenvalue weighted by Gasteiger charge is -2.08. The van der Waals surface area contributed by atoms with E-state index in [2.05, 4.69) is 4.98 Å². The van der Waals surface area contributed by atoms with Crippen molar-refractivity contribution in [1.82, 2.24) is 4.98 Å². The first-order chi connectivity index (χ1) is 9.40. The number of hydrogen-bond acceptors (Lipinski definition) is 5. The van der Waals surface area contributed by atoms with Crippen LogP contribution in [-0.2, 0) is 16.4 Å². The van der Waals surface area contributed by atoms with Gasteiger partial charge in [0.05, 0.1) is 4.90 Å². The summed E-state index contributed by atoms with van der Waals surface area (Å²) in [5.74, 6) is 0.553. The van der Waals surface area contributed by atoms with E-state index in [0.29, 0.717) is 17.3 Å². The maximum Gasteiger partial charge on any atom is 0.238 e. The summed E-state index contributed by atoms with van der Waals surface area (Å²) in [5.41, 5.74) is 6.27. The first-order valence-corrected chi connectivity index (χ1v) is 7.99.